The first-order chi connectivity index (χ1) is 8.13. The van der Waals surface area contributed by atoms with Gasteiger partial charge in [-0.15, -0.1) is 5.10 Å². The van der Waals surface area contributed by atoms with E-state index in [-0.39, 0.29) is 11.9 Å². The van der Waals surface area contributed by atoms with Crippen LogP contribution in [0, 0.1) is 12.8 Å². The number of carbonyl (C=O) groups excluding carboxylic acids is 1. The minimum atomic E-state index is 0.0585. The van der Waals surface area contributed by atoms with Crippen molar-refractivity contribution in [3.63, 3.8) is 0 Å². The smallest absolute Gasteiger partial charge is 0.267 e. The number of aromatic nitrogens is 2. The van der Waals surface area contributed by atoms with Gasteiger partial charge in [0.25, 0.3) is 5.91 Å². The van der Waals surface area contributed by atoms with Crippen LogP contribution in [-0.2, 0) is 0 Å². The zero-order chi connectivity index (χ0) is 12.4. The molecule has 2 N–H and O–H groups in total. The predicted octanol–water partition coefficient (Wildman–Crippen LogP) is 1.05. The van der Waals surface area contributed by atoms with Crippen LogP contribution in [0.25, 0.3) is 0 Å². The molecule has 1 saturated heterocycles. The van der Waals surface area contributed by atoms with Crippen LogP contribution < -0.4 is 5.73 Å². The fourth-order valence-electron chi connectivity index (χ4n) is 2.22. The van der Waals surface area contributed by atoms with Crippen molar-refractivity contribution in [2.45, 2.75) is 32.7 Å². The maximum atomic E-state index is 12.4. The Kier molecular flexibility index (Phi) is 3.73. The molecule has 6 heteroatoms. The van der Waals surface area contributed by atoms with Gasteiger partial charge in [0.1, 0.15) is 4.88 Å². The normalized spacial score (nSPS) is 25.0. The summed E-state index contributed by atoms with van der Waals surface area (Å²) in [5, 5.41) is 3.89. The zero-order valence-electron chi connectivity index (χ0n) is 10.2. The summed E-state index contributed by atoms with van der Waals surface area (Å²) < 4.78 is 3.82. The monoisotopic (exact) mass is 254 g/mol. The highest BCUT2D eigenvalue weighted by molar-refractivity contribution is 7.07. The molecule has 94 valence electrons. The number of rotatable bonds is 2. The van der Waals surface area contributed by atoms with E-state index in [2.05, 4.69) is 16.5 Å². The number of hydrogen-bond acceptors (Lipinski definition) is 5. The Bertz CT molecular complexity index is 406. The molecule has 2 unspecified atom stereocenters. The molecular weight excluding hydrogens is 236 g/mol. The van der Waals surface area contributed by atoms with Crippen molar-refractivity contribution in [2.75, 3.05) is 13.1 Å². The van der Waals surface area contributed by atoms with E-state index in [1.807, 2.05) is 11.8 Å². The Hall–Kier alpha value is -1.01. The van der Waals surface area contributed by atoms with E-state index < -0.39 is 0 Å². The van der Waals surface area contributed by atoms with Gasteiger partial charge in [-0.1, -0.05) is 4.49 Å². The molecule has 0 aromatic carbocycles. The first kappa shape index (κ1) is 12.4. The van der Waals surface area contributed by atoms with Gasteiger partial charge in [-0.3, -0.25) is 4.79 Å². The van der Waals surface area contributed by atoms with Crippen LogP contribution >= 0.6 is 11.5 Å². The van der Waals surface area contributed by atoms with Crippen molar-refractivity contribution in [1.82, 2.24) is 14.5 Å². The summed E-state index contributed by atoms with van der Waals surface area (Å²) in [6.45, 7) is 5.32. The van der Waals surface area contributed by atoms with Gasteiger partial charge in [-0.05, 0) is 50.7 Å². The number of carbonyl (C=O) groups is 1. The van der Waals surface area contributed by atoms with Gasteiger partial charge in [0, 0.05) is 12.6 Å². The van der Waals surface area contributed by atoms with Gasteiger partial charge in [0.05, 0.1) is 5.69 Å². The van der Waals surface area contributed by atoms with Crippen LogP contribution in [0.3, 0.4) is 0 Å². The van der Waals surface area contributed by atoms with Gasteiger partial charge >= 0.3 is 0 Å². The summed E-state index contributed by atoms with van der Waals surface area (Å²) in [7, 11) is 0. The summed E-state index contributed by atoms with van der Waals surface area (Å²) in [4.78, 5) is 15.0. The van der Waals surface area contributed by atoms with E-state index in [0.29, 0.717) is 17.3 Å². The Morgan fingerprint density at radius 2 is 2.35 bits per heavy atom. The molecule has 0 aliphatic carbocycles. The van der Waals surface area contributed by atoms with Gasteiger partial charge in [-0.2, -0.15) is 0 Å². The minimum absolute atomic E-state index is 0.0585. The van der Waals surface area contributed by atoms with E-state index >= 15 is 0 Å². The van der Waals surface area contributed by atoms with E-state index in [4.69, 9.17) is 5.73 Å². The molecule has 1 fully saturated rings. The number of hydrogen-bond donors (Lipinski definition) is 1. The first-order valence-corrected chi connectivity index (χ1v) is 6.70. The number of likely N-dealkylation sites (tertiary alicyclic amines) is 1. The van der Waals surface area contributed by atoms with Gasteiger partial charge in [-0.25, -0.2) is 0 Å². The van der Waals surface area contributed by atoms with Crippen molar-refractivity contribution >= 4 is 17.4 Å². The Morgan fingerprint density at radius 3 is 2.94 bits per heavy atom. The second kappa shape index (κ2) is 5.10. The predicted molar refractivity (Wildman–Crippen MR) is 66.9 cm³/mol. The number of nitrogens with zero attached hydrogens (tertiary/aromatic N) is 3. The van der Waals surface area contributed by atoms with Crippen molar-refractivity contribution < 1.29 is 4.79 Å². The molecule has 2 atom stereocenters. The second-order valence-corrected chi connectivity index (χ2v) is 5.43. The average molecular weight is 254 g/mol. The molecule has 5 nitrogen and oxygen atoms in total. The summed E-state index contributed by atoms with van der Waals surface area (Å²) in [5.41, 5.74) is 6.42. The number of nitrogens with two attached hydrogens (primary N) is 1. The van der Waals surface area contributed by atoms with E-state index in [1.54, 1.807) is 0 Å². The van der Waals surface area contributed by atoms with Crippen LogP contribution in [0.5, 0.6) is 0 Å². The highest BCUT2D eigenvalue weighted by Gasteiger charge is 2.30. The van der Waals surface area contributed by atoms with Crippen molar-refractivity contribution in [1.29, 1.82) is 0 Å². The molecule has 1 amide bonds. The molecular formula is C11H18N4OS. The second-order valence-electron chi connectivity index (χ2n) is 4.67. The van der Waals surface area contributed by atoms with Gasteiger partial charge in [0.15, 0.2) is 0 Å². The van der Waals surface area contributed by atoms with Crippen LogP contribution in [0.1, 0.15) is 35.1 Å². The quantitative estimate of drug-likeness (QED) is 0.856. The third-order valence-corrected chi connectivity index (χ3v) is 4.24. The topological polar surface area (TPSA) is 72.1 Å². The first-order valence-electron chi connectivity index (χ1n) is 5.93. The molecule has 1 aromatic heterocycles. The molecule has 0 spiro atoms. The maximum Gasteiger partial charge on any atom is 0.267 e. The lowest BCUT2D eigenvalue weighted by Gasteiger charge is -2.37. The van der Waals surface area contributed by atoms with Crippen LogP contribution in [0.4, 0.5) is 0 Å². The molecule has 17 heavy (non-hydrogen) atoms. The highest BCUT2D eigenvalue weighted by Crippen LogP contribution is 2.24. The fourth-order valence-corrected chi connectivity index (χ4v) is 2.83. The molecule has 1 aliphatic heterocycles. The Morgan fingerprint density at radius 1 is 1.59 bits per heavy atom. The van der Waals surface area contributed by atoms with Gasteiger partial charge in [0.2, 0.25) is 0 Å². The van der Waals surface area contributed by atoms with E-state index in [9.17, 15) is 4.79 Å². The lowest BCUT2D eigenvalue weighted by atomic mass is 9.93. The van der Waals surface area contributed by atoms with Gasteiger partial charge < -0.3 is 10.6 Å². The Labute approximate surface area is 105 Å². The Balaban J connectivity index is 2.15. The molecule has 2 rings (SSSR count). The SMILES string of the molecule is Cc1nnsc1C(=O)N1CC(CN)CCC1C. The number of amides is 1. The largest absolute Gasteiger partial charge is 0.335 e. The molecule has 0 radical (unpaired) electrons. The van der Waals surface area contributed by atoms with Crippen molar-refractivity contribution in [3.05, 3.63) is 10.6 Å². The molecule has 1 aliphatic rings. The highest BCUT2D eigenvalue weighted by atomic mass is 32.1. The fraction of sp³-hybridized carbons (Fsp3) is 0.727. The van der Waals surface area contributed by atoms with E-state index in [1.165, 1.54) is 11.5 Å². The maximum absolute atomic E-state index is 12.4. The van der Waals surface area contributed by atoms with Crippen LogP contribution in [0.2, 0.25) is 0 Å². The lowest BCUT2D eigenvalue weighted by Crippen LogP contribution is -2.47. The average Bonchev–Trinajstić information content (AvgIpc) is 2.75. The third kappa shape index (κ3) is 2.47. The summed E-state index contributed by atoms with van der Waals surface area (Å²) in [6.07, 6.45) is 2.14. The zero-order valence-corrected chi connectivity index (χ0v) is 11.0. The van der Waals surface area contributed by atoms with Crippen molar-refractivity contribution in [3.8, 4) is 0 Å². The minimum Gasteiger partial charge on any atom is -0.335 e. The summed E-state index contributed by atoms with van der Waals surface area (Å²) >= 11 is 1.18. The van der Waals surface area contributed by atoms with Crippen molar-refractivity contribution in [2.24, 2.45) is 11.7 Å². The molecule has 2 heterocycles. The standard InChI is InChI=1S/C11H18N4OS/c1-7-3-4-9(5-12)6-15(7)11(16)10-8(2)13-14-17-10/h7,9H,3-6,12H2,1-2H3. The number of piperidine rings is 1. The number of aryl methyl sites for hydroxylation is 1. The molecule has 1 aromatic rings. The summed E-state index contributed by atoms with van der Waals surface area (Å²) in [6, 6.07) is 0.284. The third-order valence-electron chi connectivity index (χ3n) is 3.42. The van der Waals surface area contributed by atoms with Crippen LogP contribution in [0.15, 0.2) is 0 Å². The summed E-state index contributed by atoms with van der Waals surface area (Å²) in [5.74, 6) is 0.486. The molecule has 0 saturated carbocycles. The van der Waals surface area contributed by atoms with Crippen LogP contribution in [-0.4, -0.2) is 39.5 Å². The molecule has 0 bridgehead atoms. The van der Waals surface area contributed by atoms with E-state index in [0.717, 1.165) is 25.1 Å². The lowest BCUT2D eigenvalue weighted by molar-refractivity contribution is 0.0571.